The molecule has 0 aliphatic carbocycles. The van der Waals surface area contributed by atoms with E-state index in [0.717, 1.165) is 27.1 Å². The predicted molar refractivity (Wildman–Crippen MR) is 68.0 cm³/mol. The lowest BCUT2D eigenvalue weighted by Gasteiger charge is -2.00. The molecule has 0 amide bonds. The maximum Gasteiger partial charge on any atom is 0.115 e. The SMILES string of the molecule is CC.Cc1ncn2c(Cl)cc(SCl)cc12. The largest absolute Gasteiger partial charge is 0.289 e. The third kappa shape index (κ3) is 2.60. The summed E-state index contributed by atoms with van der Waals surface area (Å²) in [4.78, 5) is 5.09. The molecule has 0 N–H and O–H groups in total. The van der Waals surface area contributed by atoms with Gasteiger partial charge >= 0.3 is 0 Å². The van der Waals surface area contributed by atoms with E-state index in [-0.39, 0.29) is 0 Å². The highest BCUT2D eigenvalue weighted by Gasteiger charge is 2.05. The first kappa shape index (κ1) is 12.7. The monoisotopic (exact) mass is 262 g/mol. The number of rotatable bonds is 1. The van der Waals surface area contributed by atoms with Gasteiger partial charge in [0.05, 0.1) is 11.2 Å². The summed E-state index contributed by atoms with van der Waals surface area (Å²) in [6, 6.07) is 3.78. The second-order valence-electron chi connectivity index (χ2n) is 2.68. The van der Waals surface area contributed by atoms with E-state index in [1.807, 2.05) is 37.3 Å². The molecule has 0 spiro atoms. The average Bonchev–Trinajstić information content (AvgIpc) is 2.64. The molecule has 82 valence electrons. The first-order valence-corrected chi connectivity index (χ1v) is 6.66. The Bertz CT molecular complexity index is 454. The van der Waals surface area contributed by atoms with Gasteiger partial charge in [0.25, 0.3) is 0 Å². The lowest BCUT2D eigenvalue weighted by atomic mass is 10.3. The van der Waals surface area contributed by atoms with E-state index in [1.165, 1.54) is 0 Å². The molecule has 0 radical (unpaired) electrons. The quantitative estimate of drug-likeness (QED) is 0.701. The Labute approximate surface area is 103 Å². The fraction of sp³-hybridized carbons (Fsp3) is 0.300. The first-order valence-electron chi connectivity index (χ1n) is 4.64. The van der Waals surface area contributed by atoms with Crippen LogP contribution >= 0.6 is 33.3 Å². The molecule has 0 fully saturated rings. The van der Waals surface area contributed by atoms with Gasteiger partial charge in [0, 0.05) is 4.90 Å². The van der Waals surface area contributed by atoms with Crippen LogP contribution in [-0.4, -0.2) is 9.38 Å². The number of hydrogen-bond donors (Lipinski definition) is 0. The summed E-state index contributed by atoms with van der Waals surface area (Å²) in [5.41, 5.74) is 1.95. The predicted octanol–water partition coefficient (Wildman–Crippen LogP) is 4.57. The van der Waals surface area contributed by atoms with E-state index in [0.29, 0.717) is 5.15 Å². The van der Waals surface area contributed by atoms with Gasteiger partial charge < -0.3 is 0 Å². The van der Waals surface area contributed by atoms with Gasteiger partial charge in [0.2, 0.25) is 0 Å². The Morgan fingerprint density at radius 3 is 2.60 bits per heavy atom. The van der Waals surface area contributed by atoms with Gasteiger partial charge in [-0.2, -0.15) is 0 Å². The second-order valence-corrected chi connectivity index (χ2v) is 4.15. The van der Waals surface area contributed by atoms with E-state index in [1.54, 1.807) is 6.33 Å². The van der Waals surface area contributed by atoms with E-state index < -0.39 is 0 Å². The molecule has 2 heterocycles. The second kappa shape index (κ2) is 5.64. The van der Waals surface area contributed by atoms with Crippen LogP contribution < -0.4 is 0 Å². The normalized spacial score (nSPS) is 9.93. The molecule has 2 aromatic heterocycles. The summed E-state index contributed by atoms with van der Waals surface area (Å²) in [6.45, 7) is 5.94. The zero-order chi connectivity index (χ0) is 11.4. The lowest BCUT2D eigenvalue weighted by molar-refractivity contribution is 1.13. The average molecular weight is 263 g/mol. The van der Waals surface area contributed by atoms with Gasteiger partial charge in [-0.1, -0.05) is 25.4 Å². The van der Waals surface area contributed by atoms with Crippen molar-refractivity contribution < 1.29 is 0 Å². The fourth-order valence-electron chi connectivity index (χ4n) is 1.20. The minimum atomic E-state index is 0.626. The Hall–Kier alpha value is -0.380. The molecular formula is C10H12Cl2N2S. The number of pyridine rings is 1. The number of imidazole rings is 1. The van der Waals surface area contributed by atoms with Gasteiger partial charge in [-0.3, -0.25) is 4.40 Å². The van der Waals surface area contributed by atoms with Crippen molar-refractivity contribution in [3.8, 4) is 0 Å². The molecule has 0 saturated carbocycles. The molecular weight excluding hydrogens is 251 g/mol. The molecule has 2 aromatic rings. The van der Waals surface area contributed by atoms with E-state index in [2.05, 4.69) is 4.98 Å². The minimum Gasteiger partial charge on any atom is -0.289 e. The molecule has 0 aliphatic heterocycles. The van der Waals surface area contributed by atoms with E-state index >= 15 is 0 Å². The third-order valence-electron chi connectivity index (χ3n) is 1.86. The van der Waals surface area contributed by atoms with Crippen LogP contribution in [-0.2, 0) is 0 Å². The Kier molecular flexibility index (Phi) is 4.77. The summed E-state index contributed by atoms with van der Waals surface area (Å²) < 4.78 is 1.83. The summed E-state index contributed by atoms with van der Waals surface area (Å²) >= 11 is 6.01. The molecule has 0 atom stereocenters. The van der Waals surface area contributed by atoms with Crippen LogP contribution in [0.4, 0.5) is 0 Å². The van der Waals surface area contributed by atoms with Crippen LogP contribution in [0.5, 0.6) is 0 Å². The molecule has 15 heavy (non-hydrogen) atoms. The number of halogens is 2. The van der Waals surface area contributed by atoms with Gasteiger partial charge in [-0.25, -0.2) is 4.98 Å². The van der Waals surface area contributed by atoms with Crippen molar-refractivity contribution >= 4 is 38.8 Å². The Morgan fingerprint density at radius 2 is 2.00 bits per heavy atom. The fourth-order valence-corrected chi connectivity index (χ4v) is 2.10. The van der Waals surface area contributed by atoms with Crippen molar-refractivity contribution in [1.29, 1.82) is 0 Å². The van der Waals surface area contributed by atoms with Crippen LogP contribution in [0.3, 0.4) is 0 Å². The first-order chi connectivity index (χ1) is 7.22. The highest BCUT2D eigenvalue weighted by atomic mass is 35.7. The Balaban J connectivity index is 0.000000531. The van der Waals surface area contributed by atoms with Gasteiger partial charge in [0.15, 0.2) is 0 Å². The van der Waals surface area contributed by atoms with Crippen molar-refractivity contribution in [3.63, 3.8) is 0 Å². The van der Waals surface area contributed by atoms with E-state index in [4.69, 9.17) is 22.3 Å². The number of fused-ring (bicyclic) bond motifs is 1. The molecule has 2 nitrogen and oxygen atoms in total. The molecule has 0 bridgehead atoms. The smallest absolute Gasteiger partial charge is 0.115 e. The third-order valence-corrected chi connectivity index (χ3v) is 3.10. The maximum atomic E-state index is 6.01. The van der Waals surface area contributed by atoms with Crippen molar-refractivity contribution in [2.75, 3.05) is 0 Å². The minimum absolute atomic E-state index is 0.626. The zero-order valence-electron chi connectivity index (χ0n) is 8.79. The van der Waals surface area contributed by atoms with E-state index in [9.17, 15) is 0 Å². The Morgan fingerprint density at radius 1 is 1.33 bits per heavy atom. The van der Waals surface area contributed by atoms with Gasteiger partial charge in [-0.05, 0) is 40.7 Å². The molecule has 0 aromatic carbocycles. The van der Waals surface area contributed by atoms with Crippen LogP contribution in [0.1, 0.15) is 19.5 Å². The van der Waals surface area contributed by atoms with Crippen molar-refractivity contribution in [1.82, 2.24) is 9.38 Å². The molecule has 2 rings (SSSR count). The summed E-state index contributed by atoms with van der Waals surface area (Å²) in [6.07, 6.45) is 1.70. The standard InChI is InChI=1S/C8H6Cl2N2S.C2H6/c1-5-7-2-6(13-10)3-8(9)12(7)4-11-5;1-2/h2-4H,1H3;1-2H3. The van der Waals surface area contributed by atoms with Crippen molar-refractivity contribution in [2.24, 2.45) is 0 Å². The van der Waals surface area contributed by atoms with Crippen molar-refractivity contribution in [3.05, 3.63) is 29.3 Å². The molecule has 0 saturated heterocycles. The summed E-state index contributed by atoms with van der Waals surface area (Å²) in [5, 5.41) is 0.626. The number of nitrogens with zero attached hydrogens (tertiary/aromatic N) is 2. The number of aromatic nitrogens is 2. The van der Waals surface area contributed by atoms with Crippen LogP contribution in [0.15, 0.2) is 23.4 Å². The number of hydrogen-bond acceptors (Lipinski definition) is 2. The van der Waals surface area contributed by atoms with Gasteiger partial charge in [0.1, 0.15) is 11.5 Å². The summed E-state index contributed by atoms with van der Waals surface area (Å²) in [7, 11) is 6.80. The van der Waals surface area contributed by atoms with Crippen LogP contribution in [0.2, 0.25) is 5.15 Å². The summed E-state index contributed by atoms with van der Waals surface area (Å²) in [5.74, 6) is 0. The highest BCUT2D eigenvalue weighted by Crippen LogP contribution is 2.27. The highest BCUT2D eigenvalue weighted by molar-refractivity contribution is 8.21. The van der Waals surface area contributed by atoms with Crippen LogP contribution in [0.25, 0.3) is 5.52 Å². The topological polar surface area (TPSA) is 17.3 Å². The lowest BCUT2D eigenvalue weighted by Crippen LogP contribution is -1.85. The maximum absolute atomic E-state index is 6.01. The van der Waals surface area contributed by atoms with Crippen molar-refractivity contribution in [2.45, 2.75) is 25.7 Å². The molecule has 0 aliphatic rings. The van der Waals surface area contributed by atoms with Gasteiger partial charge in [-0.15, -0.1) is 0 Å². The zero-order valence-corrected chi connectivity index (χ0v) is 11.1. The molecule has 0 unspecified atom stereocenters. The van der Waals surface area contributed by atoms with Crippen LogP contribution in [0, 0.1) is 6.92 Å². The molecule has 5 heteroatoms. The number of aryl methyl sites for hydroxylation is 1.